The molecule has 0 fully saturated rings. The van der Waals surface area contributed by atoms with Crippen LogP contribution in [0.1, 0.15) is 11.1 Å². The van der Waals surface area contributed by atoms with Crippen LogP contribution >= 0.6 is 12.4 Å². The first-order valence-corrected chi connectivity index (χ1v) is 5.05. The van der Waals surface area contributed by atoms with E-state index in [1.165, 1.54) is 6.08 Å². The number of halogens is 1. The highest BCUT2D eigenvalue weighted by molar-refractivity contribution is 5.85. The molecule has 0 atom stereocenters. The van der Waals surface area contributed by atoms with Crippen LogP contribution < -0.4 is 11.1 Å². The highest BCUT2D eigenvalue weighted by atomic mass is 35.5. The van der Waals surface area contributed by atoms with E-state index >= 15 is 0 Å². The molecule has 3 N–H and O–H groups in total. The molecule has 0 heterocycles. The van der Waals surface area contributed by atoms with Crippen molar-refractivity contribution in [2.75, 3.05) is 6.61 Å². The molecule has 0 spiro atoms. The molecule has 0 aromatic heterocycles. The number of hydrogen-bond acceptors (Lipinski definition) is 3. The van der Waals surface area contributed by atoms with Gasteiger partial charge in [-0.3, -0.25) is 0 Å². The summed E-state index contributed by atoms with van der Waals surface area (Å²) in [6.45, 7) is 4.60. The molecule has 17 heavy (non-hydrogen) atoms. The zero-order valence-electron chi connectivity index (χ0n) is 9.52. The first-order chi connectivity index (χ1) is 7.76. The predicted molar refractivity (Wildman–Crippen MR) is 70.0 cm³/mol. The third-order valence-corrected chi connectivity index (χ3v) is 2.00. The normalized spacial score (nSPS) is 9.00. The van der Waals surface area contributed by atoms with Crippen molar-refractivity contribution in [3.8, 4) is 0 Å². The second kappa shape index (κ2) is 8.61. The van der Waals surface area contributed by atoms with Gasteiger partial charge in [-0.2, -0.15) is 0 Å². The Balaban J connectivity index is 0.00000256. The maximum Gasteiger partial charge on any atom is 0.407 e. The Hall–Kier alpha value is -1.52. The average Bonchev–Trinajstić information content (AvgIpc) is 2.34. The number of nitrogens with one attached hydrogen (secondary N) is 1. The summed E-state index contributed by atoms with van der Waals surface area (Å²) >= 11 is 0. The van der Waals surface area contributed by atoms with Gasteiger partial charge in [0.25, 0.3) is 0 Å². The van der Waals surface area contributed by atoms with E-state index in [1.807, 2.05) is 24.3 Å². The van der Waals surface area contributed by atoms with Gasteiger partial charge < -0.3 is 15.8 Å². The lowest BCUT2D eigenvalue weighted by Gasteiger charge is -2.06. The summed E-state index contributed by atoms with van der Waals surface area (Å²) < 4.78 is 4.78. The number of carbonyl (C=O) groups excluding carboxylic acids is 1. The molecule has 5 heteroatoms. The van der Waals surface area contributed by atoms with Crippen LogP contribution in [0.25, 0.3) is 0 Å². The van der Waals surface area contributed by atoms with Gasteiger partial charge in [0.05, 0.1) is 0 Å². The molecule has 94 valence electrons. The van der Waals surface area contributed by atoms with Gasteiger partial charge in [-0.15, -0.1) is 12.4 Å². The molecule has 1 amide bonds. The molecule has 0 saturated heterocycles. The fraction of sp³-hybridized carbons (Fsp3) is 0.250. The molecular formula is C12H17ClN2O2. The third kappa shape index (κ3) is 5.94. The summed E-state index contributed by atoms with van der Waals surface area (Å²) in [6, 6.07) is 7.73. The molecule has 0 aliphatic rings. The van der Waals surface area contributed by atoms with E-state index in [1.54, 1.807) is 0 Å². The van der Waals surface area contributed by atoms with Crippen LogP contribution in [0, 0.1) is 0 Å². The topological polar surface area (TPSA) is 64.3 Å². The Morgan fingerprint density at radius 2 is 2.18 bits per heavy atom. The van der Waals surface area contributed by atoms with Crippen molar-refractivity contribution in [1.82, 2.24) is 5.32 Å². The van der Waals surface area contributed by atoms with E-state index in [0.717, 1.165) is 11.1 Å². The minimum Gasteiger partial charge on any atom is -0.445 e. The van der Waals surface area contributed by atoms with E-state index in [0.29, 0.717) is 13.1 Å². The summed E-state index contributed by atoms with van der Waals surface area (Å²) in [7, 11) is 0. The standard InChI is InChI=1S/C12H16N2O2.ClH/c1-2-6-16-12(15)14-9-11-5-3-4-10(7-11)8-13;/h2-5,7H,1,6,8-9,13H2,(H,14,15);1H. The van der Waals surface area contributed by atoms with E-state index in [2.05, 4.69) is 11.9 Å². The van der Waals surface area contributed by atoms with E-state index in [4.69, 9.17) is 10.5 Å². The van der Waals surface area contributed by atoms with Crippen LogP contribution in [0.15, 0.2) is 36.9 Å². The molecule has 1 rings (SSSR count). The lowest BCUT2D eigenvalue weighted by molar-refractivity contribution is 0.158. The summed E-state index contributed by atoms with van der Waals surface area (Å²) in [5.41, 5.74) is 7.56. The SMILES string of the molecule is C=CCOC(=O)NCc1cccc(CN)c1.Cl. The van der Waals surface area contributed by atoms with Crippen LogP contribution in [-0.4, -0.2) is 12.7 Å². The summed E-state index contributed by atoms with van der Waals surface area (Å²) in [5, 5.41) is 2.64. The minimum atomic E-state index is -0.446. The second-order valence-electron chi connectivity index (χ2n) is 3.26. The number of carbonyl (C=O) groups is 1. The van der Waals surface area contributed by atoms with Gasteiger partial charge in [0.2, 0.25) is 0 Å². The van der Waals surface area contributed by atoms with Crippen LogP contribution in [0.2, 0.25) is 0 Å². The highest BCUT2D eigenvalue weighted by Crippen LogP contribution is 2.04. The zero-order chi connectivity index (χ0) is 11.8. The monoisotopic (exact) mass is 256 g/mol. The van der Waals surface area contributed by atoms with E-state index < -0.39 is 6.09 Å². The molecule has 1 aromatic rings. The van der Waals surface area contributed by atoms with Crippen LogP contribution in [0.5, 0.6) is 0 Å². The maximum atomic E-state index is 11.1. The van der Waals surface area contributed by atoms with Gasteiger partial charge in [-0.1, -0.05) is 36.9 Å². The number of rotatable bonds is 5. The van der Waals surface area contributed by atoms with Crippen molar-refractivity contribution in [3.63, 3.8) is 0 Å². The maximum absolute atomic E-state index is 11.1. The van der Waals surface area contributed by atoms with Crippen molar-refractivity contribution in [1.29, 1.82) is 0 Å². The largest absolute Gasteiger partial charge is 0.445 e. The molecule has 0 bridgehead atoms. The Bertz CT molecular complexity index is 369. The number of nitrogens with two attached hydrogens (primary N) is 1. The molecule has 1 aromatic carbocycles. The quantitative estimate of drug-likeness (QED) is 0.792. The fourth-order valence-corrected chi connectivity index (χ4v) is 1.23. The molecule has 0 aliphatic carbocycles. The van der Waals surface area contributed by atoms with Crippen molar-refractivity contribution >= 4 is 18.5 Å². The smallest absolute Gasteiger partial charge is 0.407 e. The van der Waals surface area contributed by atoms with Gasteiger partial charge in [0, 0.05) is 13.1 Å². The van der Waals surface area contributed by atoms with E-state index in [9.17, 15) is 4.79 Å². The Morgan fingerprint density at radius 1 is 1.47 bits per heavy atom. The predicted octanol–water partition coefficient (Wildman–Crippen LogP) is 1.98. The zero-order valence-corrected chi connectivity index (χ0v) is 10.3. The Morgan fingerprint density at radius 3 is 2.82 bits per heavy atom. The number of amides is 1. The number of ether oxygens (including phenoxy) is 1. The second-order valence-corrected chi connectivity index (χ2v) is 3.26. The minimum absolute atomic E-state index is 0. The van der Waals surface area contributed by atoms with Crippen molar-refractivity contribution in [2.24, 2.45) is 5.73 Å². The molecule has 0 saturated carbocycles. The van der Waals surface area contributed by atoms with Gasteiger partial charge in [-0.05, 0) is 11.1 Å². The molecule has 0 radical (unpaired) electrons. The number of alkyl carbamates (subject to hydrolysis) is 1. The van der Waals surface area contributed by atoms with Crippen molar-refractivity contribution < 1.29 is 9.53 Å². The molecular weight excluding hydrogens is 240 g/mol. The first-order valence-electron chi connectivity index (χ1n) is 5.05. The van der Waals surface area contributed by atoms with Crippen LogP contribution in [0.3, 0.4) is 0 Å². The Kier molecular flexibility index (Phi) is 7.84. The van der Waals surface area contributed by atoms with Gasteiger partial charge >= 0.3 is 6.09 Å². The van der Waals surface area contributed by atoms with Crippen molar-refractivity contribution in [2.45, 2.75) is 13.1 Å². The first kappa shape index (κ1) is 15.5. The van der Waals surface area contributed by atoms with Gasteiger partial charge in [-0.25, -0.2) is 4.79 Å². The van der Waals surface area contributed by atoms with Gasteiger partial charge in [0.1, 0.15) is 6.61 Å². The summed E-state index contributed by atoms with van der Waals surface area (Å²) in [6.07, 6.45) is 1.08. The molecule has 0 aliphatic heterocycles. The lowest BCUT2D eigenvalue weighted by Crippen LogP contribution is -2.23. The van der Waals surface area contributed by atoms with Gasteiger partial charge in [0.15, 0.2) is 0 Å². The fourth-order valence-electron chi connectivity index (χ4n) is 1.23. The van der Waals surface area contributed by atoms with Crippen molar-refractivity contribution in [3.05, 3.63) is 48.0 Å². The number of hydrogen-bond donors (Lipinski definition) is 2. The third-order valence-electron chi connectivity index (χ3n) is 2.00. The lowest BCUT2D eigenvalue weighted by atomic mass is 10.1. The van der Waals surface area contributed by atoms with Crippen LogP contribution in [0.4, 0.5) is 4.79 Å². The van der Waals surface area contributed by atoms with E-state index in [-0.39, 0.29) is 19.0 Å². The molecule has 0 unspecified atom stereocenters. The number of benzene rings is 1. The average molecular weight is 257 g/mol. The highest BCUT2D eigenvalue weighted by Gasteiger charge is 2.00. The summed E-state index contributed by atoms with van der Waals surface area (Å²) in [4.78, 5) is 11.1. The molecule has 4 nitrogen and oxygen atoms in total. The summed E-state index contributed by atoms with van der Waals surface area (Å²) in [5.74, 6) is 0. The Labute approximate surface area is 107 Å². The van der Waals surface area contributed by atoms with Crippen LogP contribution in [-0.2, 0) is 17.8 Å².